The van der Waals surface area contributed by atoms with E-state index in [0.29, 0.717) is 19.0 Å². The molecule has 6 heterocycles. The van der Waals surface area contributed by atoms with E-state index in [1.54, 1.807) is 18.5 Å². The van der Waals surface area contributed by atoms with Crippen molar-refractivity contribution in [3.63, 3.8) is 0 Å². The van der Waals surface area contributed by atoms with Crippen molar-refractivity contribution >= 4 is 17.8 Å². The number of ether oxygens (including phenoxy) is 2. The highest BCUT2D eigenvalue weighted by atomic mass is 16.9. The summed E-state index contributed by atoms with van der Waals surface area (Å²) in [5, 5.41) is 6.45. The molecule has 3 saturated heterocycles. The number of nitrogens with one attached hydrogen (secondary N) is 4. The molecule has 3 aromatic heterocycles. The standard InChI is InChI=1S/C42H50N10O4/c1-25(2)35(49-41-43-18-7-19-44-41)39(53)51-20-5-8-33(51)37-45-22-31(47-37)29-14-10-27(11-15-29)28-12-16-30(17-13-28)32-23-46-38(48-32)34-9-6-21-52(34)40(54)36(26(3)4)50-42-55-24-56-42/h7,10-19,22-23,25-26,33-36,42,50H,5-6,8-9,20-21,24H2,1-4H3,(H,45,47)(H,46,48)(H,43,44,49)/t33-,34-,35-,36-/m0/s1. The summed E-state index contributed by atoms with van der Waals surface area (Å²) in [5.41, 5.74) is 6.06. The van der Waals surface area contributed by atoms with Crippen molar-refractivity contribution in [2.75, 3.05) is 25.2 Å². The van der Waals surface area contributed by atoms with Crippen LogP contribution in [0.3, 0.4) is 0 Å². The van der Waals surface area contributed by atoms with Gasteiger partial charge in [-0.1, -0.05) is 76.2 Å². The van der Waals surface area contributed by atoms with Crippen molar-refractivity contribution in [3.8, 4) is 33.6 Å². The molecule has 3 fully saturated rings. The lowest BCUT2D eigenvalue weighted by Gasteiger charge is -2.35. The molecule has 0 unspecified atom stereocenters. The first-order valence-electron chi connectivity index (χ1n) is 19.7. The lowest BCUT2D eigenvalue weighted by molar-refractivity contribution is -0.335. The van der Waals surface area contributed by atoms with Gasteiger partial charge in [-0.2, -0.15) is 0 Å². The summed E-state index contributed by atoms with van der Waals surface area (Å²) in [6, 6.07) is 17.5. The van der Waals surface area contributed by atoms with E-state index in [9.17, 15) is 9.59 Å². The van der Waals surface area contributed by atoms with E-state index < -0.39 is 18.5 Å². The van der Waals surface area contributed by atoms with E-state index in [-0.39, 0.29) is 42.5 Å². The van der Waals surface area contributed by atoms with Gasteiger partial charge in [-0.3, -0.25) is 14.9 Å². The zero-order chi connectivity index (χ0) is 38.8. The van der Waals surface area contributed by atoms with Crippen LogP contribution in [0, 0.1) is 11.8 Å². The number of aromatic nitrogens is 6. The zero-order valence-electron chi connectivity index (χ0n) is 32.3. The average Bonchev–Trinajstić information content (AvgIpc) is 4.03. The summed E-state index contributed by atoms with van der Waals surface area (Å²) < 4.78 is 10.7. The number of imidazole rings is 2. The first-order chi connectivity index (χ1) is 27.2. The maximum atomic E-state index is 13.8. The van der Waals surface area contributed by atoms with E-state index in [0.717, 1.165) is 71.0 Å². The van der Waals surface area contributed by atoms with Crippen LogP contribution in [0.25, 0.3) is 33.6 Å². The molecule has 0 bridgehead atoms. The number of carbonyl (C=O) groups excluding carboxylic acids is 2. The third-order valence-corrected chi connectivity index (χ3v) is 11.1. The Bertz CT molecular complexity index is 2100. The Morgan fingerprint density at radius 3 is 1.59 bits per heavy atom. The summed E-state index contributed by atoms with van der Waals surface area (Å²) in [4.78, 5) is 56.4. The van der Waals surface area contributed by atoms with Gasteiger partial charge in [0.25, 0.3) is 0 Å². The molecule has 0 saturated carbocycles. The fourth-order valence-corrected chi connectivity index (χ4v) is 7.93. The van der Waals surface area contributed by atoms with Crippen LogP contribution in [0.1, 0.15) is 77.1 Å². The normalized spacial score (nSPS) is 19.8. The maximum Gasteiger partial charge on any atom is 0.246 e. The van der Waals surface area contributed by atoms with Gasteiger partial charge >= 0.3 is 0 Å². The van der Waals surface area contributed by atoms with E-state index in [1.807, 2.05) is 49.9 Å². The van der Waals surface area contributed by atoms with Crippen molar-refractivity contribution in [1.29, 1.82) is 0 Å². The number of benzene rings is 2. The predicted molar refractivity (Wildman–Crippen MR) is 211 cm³/mol. The highest BCUT2D eigenvalue weighted by Crippen LogP contribution is 2.35. The van der Waals surface area contributed by atoms with Gasteiger partial charge in [0.2, 0.25) is 24.2 Å². The molecule has 3 aliphatic rings. The summed E-state index contributed by atoms with van der Waals surface area (Å²) in [7, 11) is 0. The molecule has 5 aromatic rings. The molecule has 2 amide bonds. The Morgan fingerprint density at radius 1 is 0.679 bits per heavy atom. The molecule has 14 heteroatoms. The smallest absolute Gasteiger partial charge is 0.246 e. The van der Waals surface area contributed by atoms with Crippen LogP contribution >= 0.6 is 0 Å². The average molecular weight is 759 g/mol. The first kappa shape index (κ1) is 37.5. The van der Waals surface area contributed by atoms with Gasteiger partial charge in [0.15, 0.2) is 6.79 Å². The molecule has 4 N–H and O–H groups in total. The summed E-state index contributed by atoms with van der Waals surface area (Å²) in [6.07, 6.45) is 10.1. The van der Waals surface area contributed by atoms with Crippen LogP contribution in [0.15, 0.2) is 79.4 Å². The SMILES string of the molecule is CC(C)[C@H](Nc1ncccn1)C(=O)N1CCC[C@H]1c1ncc(-c2ccc(-c3ccc(-c4cnc([C@@H]5CCCN5C(=O)[C@@H](NC5OCO5)C(C)C)[nH]4)cc3)cc2)[nH]1. The molecule has 0 radical (unpaired) electrons. The van der Waals surface area contributed by atoms with Gasteiger partial charge in [0.1, 0.15) is 17.7 Å². The number of hydrogen-bond acceptors (Lipinski definition) is 10. The van der Waals surface area contributed by atoms with Crippen molar-refractivity contribution in [3.05, 3.63) is 91.0 Å². The van der Waals surface area contributed by atoms with Crippen molar-refractivity contribution in [2.24, 2.45) is 11.8 Å². The first-order valence-corrected chi connectivity index (χ1v) is 19.7. The summed E-state index contributed by atoms with van der Waals surface area (Å²) in [6.45, 7) is 9.73. The highest BCUT2D eigenvalue weighted by molar-refractivity contribution is 5.85. The minimum atomic E-state index is -0.537. The van der Waals surface area contributed by atoms with Gasteiger partial charge in [0, 0.05) is 25.5 Å². The molecule has 2 aromatic carbocycles. The second-order valence-corrected chi connectivity index (χ2v) is 15.5. The molecular formula is C42H50N10O4. The molecule has 0 spiro atoms. The van der Waals surface area contributed by atoms with E-state index in [1.165, 1.54) is 0 Å². The molecule has 8 rings (SSSR count). The molecule has 14 nitrogen and oxygen atoms in total. The quantitative estimate of drug-likeness (QED) is 0.107. The van der Waals surface area contributed by atoms with E-state index in [2.05, 4.69) is 79.1 Å². The highest BCUT2D eigenvalue weighted by Gasteiger charge is 2.39. The Kier molecular flexibility index (Phi) is 10.9. The number of rotatable bonds is 13. The maximum absolute atomic E-state index is 13.8. The number of aromatic amines is 2. The van der Waals surface area contributed by atoms with E-state index >= 15 is 0 Å². The van der Waals surface area contributed by atoms with Crippen LogP contribution in [0.4, 0.5) is 5.95 Å². The Balaban J connectivity index is 0.909. The van der Waals surface area contributed by atoms with Crippen molar-refractivity contribution in [2.45, 2.75) is 84.0 Å². The van der Waals surface area contributed by atoms with Crippen LogP contribution in [-0.4, -0.2) is 89.9 Å². The fourth-order valence-electron chi connectivity index (χ4n) is 7.93. The van der Waals surface area contributed by atoms with Crippen molar-refractivity contribution < 1.29 is 19.1 Å². The minimum Gasteiger partial charge on any atom is -0.342 e. The lowest BCUT2D eigenvalue weighted by Crippen LogP contribution is -2.56. The largest absolute Gasteiger partial charge is 0.342 e. The molecular weight excluding hydrogens is 709 g/mol. The number of anilines is 1. The molecule has 56 heavy (non-hydrogen) atoms. The molecule has 3 aliphatic heterocycles. The molecule has 292 valence electrons. The molecule has 0 aliphatic carbocycles. The number of H-pyrrole nitrogens is 2. The monoisotopic (exact) mass is 758 g/mol. The Labute approximate surface area is 326 Å². The van der Waals surface area contributed by atoms with Gasteiger partial charge < -0.3 is 34.6 Å². The fraction of sp³-hybridized carbons (Fsp3) is 0.429. The summed E-state index contributed by atoms with van der Waals surface area (Å²) >= 11 is 0. The van der Waals surface area contributed by atoms with Gasteiger partial charge in [-0.25, -0.2) is 19.9 Å². The Morgan fingerprint density at radius 2 is 1.14 bits per heavy atom. The lowest BCUT2D eigenvalue weighted by atomic mass is 10.0. The van der Waals surface area contributed by atoms with Crippen molar-refractivity contribution in [1.82, 2.24) is 45.0 Å². The van der Waals surface area contributed by atoms with Crippen LogP contribution in [0.5, 0.6) is 0 Å². The van der Waals surface area contributed by atoms with Gasteiger partial charge in [0.05, 0.1) is 41.9 Å². The second-order valence-electron chi connectivity index (χ2n) is 15.5. The number of hydrogen-bond donors (Lipinski definition) is 4. The predicted octanol–water partition coefficient (Wildman–Crippen LogP) is 6.29. The topological polar surface area (TPSA) is 166 Å². The van der Waals surface area contributed by atoms with Crippen LogP contribution in [-0.2, 0) is 19.1 Å². The van der Waals surface area contributed by atoms with Crippen LogP contribution < -0.4 is 10.6 Å². The number of nitrogens with zero attached hydrogens (tertiary/aromatic N) is 6. The number of amides is 2. The summed E-state index contributed by atoms with van der Waals surface area (Å²) in [5.74, 6) is 2.24. The Hall–Kier alpha value is -5.44. The second kappa shape index (κ2) is 16.3. The van der Waals surface area contributed by atoms with E-state index in [4.69, 9.17) is 19.4 Å². The zero-order valence-corrected chi connectivity index (χ0v) is 32.3. The molecule has 4 atom stereocenters. The van der Waals surface area contributed by atoms with Gasteiger partial charge in [-0.05, 0) is 65.8 Å². The third-order valence-electron chi connectivity index (χ3n) is 11.1. The third kappa shape index (κ3) is 7.81. The minimum absolute atomic E-state index is 0.0305. The number of carbonyl (C=O) groups is 2. The van der Waals surface area contributed by atoms with Crippen LogP contribution in [0.2, 0.25) is 0 Å². The number of likely N-dealkylation sites (tertiary alicyclic amines) is 2. The van der Waals surface area contributed by atoms with Gasteiger partial charge in [-0.15, -0.1) is 0 Å².